The summed E-state index contributed by atoms with van der Waals surface area (Å²) >= 11 is 6.11. The van der Waals surface area contributed by atoms with Crippen molar-refractivity contribution in [3.05, 3.63) is 82.8 Å². The average Bonchev–Trinajstić information content (AvgIpc) is 3.12. The molecule has 2 aromatic carbocycles. The quantitative estimate of drug-likeness (QED) is 0.603. The summed E-state index contributed by atoms with van der Waals surface area (Å²) in [6.07, 6.45) is 0.243. The lowest BCUT2D eigenvalue weighted by molar-refractivity contribution is -0.125. The molecule has 1 atom stereocenters. The molecule has 7 heteroatoms. The molecule has 1 N–H and O–H groups in total. The van der Waals surface area contributed by atoms with Gasteiger partial charge in [-0.2, -0.15) is 0 Å². The SMILES string of the molecule is COc1ccc(NC(=O)[C@@H](OC(=O)c2ccoc2C)c2ccccc2)cc1Cl. The third-order valence-corrected chi connectivity index (χ3v) is 4.36. The highest BCUT2D eigenvalue weighted by molar-refractivity contribution is 6.32. The molecule has 0 spiro atoms. The lowest BCUT2D eigenvalue weighted by Crippen LogP contribution is -2.26. The van der Waals surface area contributed by atoms with Crippen LogP contribution in [0.25, 0.3) is 0 Å². The van der Waals surface area contributed by atoms with Crippen molar-refractivity contribution in [2.45, 2.75) is 13.0 Å². The zero-order chi connectivity index (χ0) is 20.1. The van der Waals surface area contributed by atoms with Gasteiger partial charge in [0.05, 0.1) is 18.4 Å². The summed E-state index contributed by atoms with van der Waals surface area (Å²) in [4.78, 5) is 25.4. The molecular weight excluding hydrogens is 382 g/mol. The van der Waals surface area contributed by atoms with Gasteiger partial charge in [-0.3, -0.25) is 4.79 Å². The van der Waals surface area contributed by atoms with Gasteiger partial charge in [0.25, 0.3) is 5.91 Å². The first-order valence-corrected chi connectivity index (χ1v) is 8.82. The van der Waals surface area contributed by atoms with Crippen molar-refractivity contribution in [2.24, 2.45) is 0 Å². The minimum absolute atomic E-state index is 0.265. The van der Waals surface area contributed by atoms with Crippen LogP contribution in [0, 0.1) is 6.92 Å². The number of ether oxygens (including phenoxy) is 2. The molecule has 0 saturated heterocycles. The van der Waals surface area contributed by atoms with E-state index in [-0.39, 0.29) is 5.56 Å². The molecule has 0 aliphatic rings. The van der Waals surface area contributed by atoms with Crippen molar-refractivity contribution in [1.82, 2.24) is 0 Å². The fraction of sp³-hybridized carbons (Fsp3) is 0.143. The Morgan fingerprint density at radius 1 is 1.11 bits per heavy atom. The van der Waals surface area contributed by atoms with Gasteiger partial charge >= 0.3 is 5.97 Å². The van der Waals surface area contributed by atoms with E-state index in [9.17, 15) is 9.59 Å². The number of furan rings is 1. The highest BCUT2D eigenvalue weighted by Crippen LogP contribution is 2.28. The number of anilines is 1. The molecule has 1 heterocycles. The maximum atomic E-state index is 12.9. The average molecular weight is 400 g/mol. The lowest BCUT2D eigenvalue weighted by atomic mass is 10.1. The van der Waals surface area contributed by atoms with Crippen molar-refractivity contribution in [2.75, 3.05) is 12.4 Å². The van der Waals surface area contributed by atoms with Crippen molar-refractivity contribution in [3.8, 4) is 5.75 Å². The van der Waals surface area contributed by atoms with E-state index in [1.165, 1.54) is 19.4 Å². The van der Waals surface area contributed by atoms with Gasteiger partial charge in [0.2, 0.25) is 6.10 Å². The van der Waals surface area contributed by atoms with Gasteiger partial charge in [-0.05, 0) is 31.2 Å². The number of carbonyl (C=O) groups is 2. The van der Waals surface area contributed by atoms with Crippen LogP contribution in [0.2, 0.25) is 5.02 Å². The topological polar surface area (TPSA) is 77.8 Å². The zero-order valence-corrected chi connectivity index (χ0v) is 16.0. The summed E-state index contributed by atoms with van der Waals surface area (Å²) in [6.45, 7) is 1.65. The van der Waals surface area contributed by atoms with Gasteiger partial charge in [-0.25, -0.2) is 4.79 Å². The molecule has 28 heavy (non-hydrogen) atoms. The number of halogens is 1. The third kappa shape index (κ3) is 4.35. The molecule has 3 aromatic rings. The molecule has 0 aliphatic carbocycles. The Morgan fingerprint density at radius 3 is 2.46 bits per heavy atom. The number of benzene rings is 2. The van der Waals surface area contributed by atoms with Gasteiger partial charge in [-0.1, -0.05) is 41.9 Å². The summed E-state index contributed by atoms with van der Waals surface area (Å²) in [5.74, 6) is -0.259. The van der Waals surface area contributed by atoms with Gasteiger partial charge in [0, 0.05) is 11.3 Å². The predicted octanol–water partition coefficient (Wildman–Crippen LogP) is 4.79. The van der Waals surface area contributed by atoms with E-state index in [1.807, 2.05) is 6.07 Å². The molecule has 0 fully saturated rings. The molecule has 0 bridgehead atoms. The van der Waals surface area contributed by atoms with Crippen LogP contribution in [-0.4, -0.2) is 19.0 Å². The molecule has 1 aromatic heterocycles. The van der Waals surface area contributed by atoms with E-state index >= 15 is 0 Å². The molecule has 0 saturated carbocycles. The van der Waals surface area contributed by atoms with E-state index in [1.54, 1.807) is 49.4 Å². The van der Waals surface area contributed by atoms with Gasteiger partial charge < -0.3 is 19.2 Å². The number of esters is 1. The largest absolute Gasteiger partial charge is 0.495 e. The molecular formula is C21H18ClNO5. The Bertz CT molecular complexity index is 983. The summed E-state index contributed by atoms with van der Waals surface area (Å²) in [6, 6.07) is 15.1. The van der Waals surface area contributed by atoms with Crippen molar-refractivity contribution in [3.63, 3.8) is 0 Å². The van der Waals surface area contributed by atoms with Crippen molar-refractivity contribution >= 4 is 29.2 Å². The van der Waals surface area contributed by atoms with Gasteiger partial charge in [-0.15, -0.1) is 0 Å². The van der Waals surface area contributed by atoms with E-state index in [0.717, 1.165) is 0 Å². The van der Waals surface area contributed by atoms with Crippen LogP contribution in [0.4, 0.5) is 5.69 Å². The van der Waals surface area contributed by atoms with Crippen LogP contribution in [-0.2, 0) is 9.53 Å². The van der Waals surface area contributed by atoms with Crippen LogP contribution in [0.1, 0.15) is 27.8 Å². The Hall–Kier alpha value is -3.25. The first-order valence-electron chi connectivity index (χ1n) is 8.44. The third-order valence-electron chi connectivity index (χ3n) is 4.06. The van der Waals surface area contributed by atoms with E-state index in [4.69, 9.17) is 25.5 Å². The van der Waals surface area contributed by atoms with Crippen LogP contribution < -0.4 is 10.1 Å². The van der Waals surface area contributed by atoms with Crippen LogP contribution in [0.15, 0.2) is 65.3 Å². The number of methoxy groups -OCH3 is 1. The highest BCUT2D eigenvalue weighted by atomic mass is 35.5. The monoisotopic (exact) mass is 399 g/mol. The molecule has 0 radical (unpaired) electrons. The van der Waals surface area contributed by atoms with Gasteiger partial charge in [0.15, 0.2) is 0 Å². The lowest BCUT2D eigenvalue weighted by Gasteiger charge is -2.18. The summed E-state index contributed by atoms with van der Waals surface area (Å²) < 4.78 is 15.7. The van der Waals surface area contributed by atoms with E-state index in [0.29, 0.717) is 27.8 Å². The number of hydrogen-bond acceptors (Lipinski definition) is 5. The Morgan fingerprint density at radius 2 is 1.86 bits per heavy atom. The number of nitrogens with one attached hydrogen (secondary N) is 1. The van der Waals surface area contributed by atoms with E-state index < -0.39 is 18.0 Å². The minimum atomic E-state index is -1.15. The van der Waals surface area contributed by atoms with Crippen LogP contribution in [0.5, 0.6) is 5.75 Å². The highest BCUT2D eigenvalue weighted by Gasteiger charge is 2.27. The second-order valence-electron chi connectivity index (χ2n) is 5.93. The summed E-state index contributed by atoms with van der Waals surface area (Å²) in [5, 5.41) is 3.07. The smallest absolute Gasteiger partial charge is 0.342 e. The van der Waals surface area contributed by atoms with Gasteiger partial charge in [0.1, 0.15) is 17.1 Å². The number of hydrogen-bond donors (Lipinski definition) is 1. The maximum absolute atomic E-state index is 12.9. The summed E-state index contributed by atoms with van der Waals surface area (Å²) in [5.41, 5.74) is 1.25. The first kappa shape index (κ1) is 19.5. The molecule has 1 amide bonds. The van der Waals surface area contributed by atoms with Crippen LogP contribution in [0.3, 0.4) is 0 Å². The number of carbonyl (C=O) groups excluding carboxylic acids is 2. The van der Waals surface area contributed by atoms with Crippen molar-refractivity contribution < 1.29 is 23.5 Å². The minimum Gasteiger partial charge on any atom is -0.495 e. The van der Waals surface area contributed by atoms with Crippen LogP contribution >= 0.6 is 11.6 Å². The fourth-order valence-electron chi connectivity index (χ4n) is 2.62. The Balaban J connectivity index is 1.84. The Labute approximate surface area is 167 Å². The Kier molecular flexibility index (Phi) is 6.01. The van der Waals surface area contributed by atoms with E-state index in [2.05, 4.69) is 5.32 Å². The first-order chi connectivity index (χ1) is 13.5. The predicted molar refractivity (Wildman–Crippen MR) is 105 cm³/mol. The molecule has 3 rings (SSSR count). The zero-order valence-electron chi connectivity index (χ0n) is 15.3. The fourth-order valence-corrected chi connectivity index (χ4v) is 2.88. The maximum Gasteiger partial charge on any atom is 0.342 e. The summed E-state index contributed by atoms with van der Waals surface area (Å²) in [7, 11) is 1.50. The standard InChI is InChI=1S/C21H18ClNO5/c1-13-16(10-11-27-13)21(25)28-19(14-6-4-3-5-7-14)20(24)23-15-8-9-18(26-2)17(22)12-15/h3-12,19H,1-2H3,(H,23,24)/t19-/m0/s1. The number of aryl methyl sites for hydroxylation is 1. The second-order valence-corrected chi connectivity index (χ2v) is 6.33. The number of rotatable bonds is 6. The molecule has 0 aliphatic heterocycles. The number of amides is 1. The molecule has 0 unspecified atom stereocenters. The molecule has 6 nitrogen and oxygen atoms in total. The van der Waals surface area contributed by atoms with Crippen molar-refractivity contribution in [1.29, 1.82) is 0 Å². The molecule has 144 valence electrons. The second kappa shape index (κ2) is 8.63. The normalized spacial score (nSPS) is 11.5.